The molecule has 1 atom stereocenters. The van der Waals surface area contributed by atoms with Crippen LogP contribution in [-0.2, 0) is 0 Å². The average Bonchev–Trinajstić information content (AvgIpc) is 2.54. The van der Waals surface area contributed by atoms with Crippen molar-refractivity contribution < 1.29 is 5.11 Å². The third-order valence-corrected chi connectivity index (χ3v) is 3.57. The average molecular weight is 242 g/mol. The molecule has 0 aliphatic rings. The van der Waals surface area contributed by atoms with Gasteiger partial charge < -0.3 is 10.4 Å². The normalized spacial score (nSPS) is 14.1. The SMILES string of the molecule is Cc1nc(C(C)NCC(C)(C)CO)c(C)s1. The Bertz CT molecular complexity index is 347. The van der Waals surface area contributed by atoms with Gasteiger partial charge in [0.25, 0.3) is 0 Å². The van der Waals surface area contributed by atoms with Gasteiger partial charge in [-0.25, -0.2) is 4.98 Å². The van der Waals surface area contributed by atoms with Crippen LogP contribution in [0.25, 0.3) is 0 Å². The molecule has 4 heteroatoms. The second-order valence-electron chi connectivity index (χ2n) is 5.10. The summed E-state index contributed by atoms with van der Waals surface area (Å²) in [5.74, 6) is 0. The maximum Gasteiger partial charge on any atom is 0.0900 e. The number of thiazole rings is 1. The van der Waals surface area contributed by atoms with E-state index in [0.717, 1.165) is 17.2 Å². The smallest absolute Gasteiger partial charge is 0.0900 e. The van der Waals surface area contributed by atoms with Crippen LogP contribution in [0.3, 0.4) is 0 Å². The van der Waals surface area contributed by atoms with Crippen molar-refractivity contribution in [2.24, 2.45) is 5.41 Å². The van der Waals surface area contributed by atoms with Gasteiger partial charge in [-0.05, 0) is 20.8 Å². The van der Waals surface area contributed by atoms with E-state index >= 15 is 0 Å². The van der Waals surface area contributed by atoms with E-state index in [1.165, 1.54) is 4.88 Å². The zero-order valence-corrected chi connectivity index (χ0v) is 11.6. The molecule has 16 heavy (non-hydrogen) atoms. The summed E-state index contributed by atoms with van der Waals surface area (Å²) in [4.78, 5) is 5.81. The molecule has 3 nitrogen and oxygen atoms in total. The summed E-state index contributed by atoms with van der Waals surface area (Å²) in [6.07, 6.45) is 0. The Morgan fingerprint density at radius 3 is 2.50 bits per heavy atom. The highest BCUT2D eigenvalue weighted by atomic mass is 32.1. The van der Waals surface area contributed by atoms with Crippen molar-refractivity contribution in [1.29, 1.82) is 0 Å². The van der Waals surface area contributed by atoms with Gasteiger partial charge >= 0.3 is 0 Å². The zero-order valence-electron chi connectivity index (χ0n) is 10.8. The molecule has 0 aromatic carbocycles. The van der Waals surface area contributed by atoms with Gasteiger partial charge in [0.1, 0.15) is 0 Å². The molecule has 92 valence electrons. The fourth-order valence-corrected chi connectivity index (χ4v) is 2.44. The van der Waals surface area contributed by atoms with E-state index in [9.17, 15) is 5.11 Å². The number of hydrogen-bond donors (Lipinski definition) is 2. The summed E-state index contributed by atoms with van der Waals surface area (Å²) in [5, 5.41) is 13.7. The summed E-state index contributed by atoms with van der Waals surface area (Å²) in [6, 6.07) is 0.246. The standard InChI is InChI=1S/C12H22N2OS/c1-8(13-6-12(4,5)7-15)11-9(2)16-10(3)14-11/h8,13,15H,6-7H2,1-5H3. The molecule has 1 aromatic heterocycles. The molecule has 1 aromatic rings. The summed E-state index contributed by atoms with van der Waals surface area (Å²) in [7, 11) is 0. The van der Waals surface area contributed by atoms with Crippen LogP contribution in [0.15, 0.2) is 0 Å². The minimum absolute atomic E-state index is 0.0762. The minimum atomic E-state index is -0.0762. The van der Waals surface area contributed by atoms with Crippen LogP contribution in [0.5, 0.6) is 0 Å². The molecule has 0 amide bonds. The summed E-state index contributed by atoms with van der Waals surface area (Å²) in [6.45, 7) is 11.3. The highest BCUT2D eigenvalue weighted by Gasteiger charge is 2.19. The zero-order chi connectivity index (χ0) is 12.3. The van der Waals surface area contributed by atoms with Gasteiger partial charge in [0.05, 0.1) is 10.7 Å². The van der Waals surface area contributed by atoms with Crippen molar-refractivity contribution in [3.63, 3.8) is 0 Å². The molecule has 1 heterocycles. The largest absolute Gasteiger partial charge is 0.396 e. The number of aliphatic hydroxyl groups excluding tert-OH is 1. The monoisotopic (exact) mass is 242 g/mol. The van der Waals surface area contributed by atoms with Crippen LogP contribution in [0.1, 0.15) is 42.4 Å². The Labute approximate surface area is 102 Å². The first-order valence-corrected chi connectivity index (χ1v) is 6.45. The number of hydrogen-bond acceptors (Lipinski definition) is 4. The van der Waals surface area contributed by atoms with E-state index in [1.807, 2.05) is 20.8 Å². The molecule has 0 fully saturated rings. The maximum atomic E-state index is 9.18. The lowest BCUT2D eigenvalue weighted by atomic mass is 9.94. The lowest BCUT2D eigenvalue weighted by molar-refractivity contribution is 0.153. The van der Waals surface area contributed by atoms with Gasteiger partial charge in [0, 0.05) is 29.5 Å². The number of aromatic nitrogens is 1. The van der Waals surface area contributed by atoms with Gasteiger partial charge in [-0.2, -0.15) is 0 Å². The molecule has 2 N–H and O–H groups in total. The Morgan fingerprint density at radius 1 is 1.44 bits per heavy atom. The highest BCUT2D eigenvalue weighted by Crippen LogP contribution is 2.23. The van der Waals surface area contributed by atoms with Crippen LogP contribution in [-0.4, -0.2) is 23.2 Å². The highest BCUT2D eigenvalue weighted by molar-refractivity contribution is 7.11. The van der Waals surface area contributed by atoms with Crippen molar-refractivity contribution in [2.45, 2.75) is 40.7 Å². The lowest BCUT2D eigenvalue weighted by Gasteiger charge is -2.24. The van der Waals surface area contributed by atoms with Gasteiger partial charge in [-0.1, -0.05) is 13.8 Å². The molecule has 1 rings (SSSR count). The van der Waals surface area contributed by atoms with E-state index < -0.39 is 0 Å². The molecule has 0 radical (unpaired) electrons. The van der Waals surface area contributed by atoms with E-state index in [-0.39, 0.29) is 18.1 Å². The summed E-state index contributed by atoms with van der Waals surface area (Å²) in [5.41, 5.74) is 1.06. The summed E-state index contributed by atoms with van der Waals surface area (Å²) >= 11 is 1.74. The summed E-state index contributed by atoms with van der Waals surface area (Å²) < 4.78 is 0. The second kappa shape index (κ2) is 5.25. The molecule has 0 aliphatic carbocycles. The predicted molar refractivity (Wildman–Crippen MR) is 68.9 cm³/mol. The first kappa shape index (κ1) is 13.6. The fraction of sp³-hybridized carbons (Fsp3) is 0.750. The van der Waals surface area contributed by atoms with E-state index in [2.05, 4.69) is 24.1 Å². The Balaban J connectivity index is 2.59. The third-order valence-electron chi connectivity index (χ3n) is 2.66. The lowest BCUT2D eigenvalue weighted by Crippen LogP contribution is -2.34. The fourth-order valence-electron chi connectivity index (χ4n) is 1.53. The van der Waals surface area contributed by atoms with Crippen molar-refractivity contribution >= 4 is 11.3 Å². The van der Waals surface area contributed by atoms with Crippen LogP contribution in [0.4, 0.5) is 0 Å². The van der Waals surface area contributed by atoms with Gasteiger partial charge in [-0.15, -0.1) is 11.3 Å². The number of nitrogens with one attached hydrogen (secondary N) is 1. The van der Waals surface area contributed by atoms with E-state index in [4.69, 9.17) is 0 Å². The molecule has 1 unspecified atom stereocenters. The van der Waals surface area contributed by atoms with Crippen molar-refractivity contribution in [1.82, 2.24) is 10.3 Å². The Morgan fingerprint density at radius 2 is 2.06 bits per heavy atom. The minimum Gasteiger partial charge on any atom is -0.396 e. The molecular weight excluding hydrogens is 220 g/mol. The van der Waals surface area contributed by atoms with Crippen LogP contribution >= 0.6 is 11.3 Å². The van der Waals surface area contributed by atoms with Crippen LogP contribution in [0.2, 0.25) is 0 Å². The predicted octanol–water partition coefficient (Wildman–Crippen LogP) is 2.43. The second-order valence-corrected chi connectivity index (χ2v) is 6.51. The first-order valence-electron chi connectivity index (χ1n) is 5.64. The molecular formula is C12H22N2OS. The quantitative estimate of drug-likeness (QED) is 0.833. The topological polar surface area (TPSA) is 45.2 Å². The maximum absolute atomic E-state index is 9.18. The third kappa shape index (κ3) is 3.54. The number of aliphatic hydroxyl groups is 1. The first-order chi connectivity index (χ1) is 7.35. The van der Waals surface area contributed by atoms with E-state index in [1.54, 1.807) is 11.3 Å². The molecule has 0 aliphatic heterocycles. The number of rotatable bonds is 5. The van der Waals surface area contributed by atoms with Crippen molar-refractivity contribution in [3.8, 4) is 0 Å². The Kier molecular flexibility index (Phi) is 4.47. The Hall–Kier alpha value is -0.450. The number of nitrogens with zero attached hydrogens (tertiary/aromatic N) is 1. The molecule has 0 bridgehead atoms. The molecule has 0 spiro atoms. The van der Waals surface area contributed by atoms with Crippen LogP contribution in [0, 0.1) is 19.3 Å². The molecule has 0 saturated heterocycles. The van der Waals surface area contributed by atoms with Crippen LogP contribution < -0.4 is 5.32 Å². The van der Waals surface area contributed by atoms with Gasteiger partial charge in [0.2, 0.25) is 0 Å². The van der Waals surface area contributed by atoms with Crippen molar-refractivity contribution in [3.05, 3.63) is 15.6 Å². The number of aryl methyl sites for hydroxylation is 2. The van der Waals surface area contributed by atoms with Crippen molar-refractivity contribution in [2.75, 3.05) is 13.2 Å². The van der Waals surface area contributed by atoms with E-state index in [0.29, 0.717) is 0 Å². The van der Waals surface area contributed by atoms with Gasteiger partial charge in [-0.3, -0.25) is 0 Å². The van der Waals surface area contributed by atoms with Gasteiger partial charge in [0.15, 0.2) is 0 Å². The molecule has 0 saturated carbocycles.